The molecule has 14 heavy (non-hydrogen) atoms. The summed E-state index contributed by atoms with van der Waals surface area (Å²) in [7, 11) is 0. The molecule has 0 aliphatic carbocycles. The molecule has 1 fully saturated rings. The first-order chi connectivity index (χ1) is 5.67. The lowest BCUT2D eigenvalue weighted by Crippen LogP contribution is -2.56. The van der Waals surface area contributed by atoms with Gasteiger partial charge in [0.1, 0.15) is 0 Å². The van der Waals surface area contributed by atoms with Crippen LogP contribution < -0.4 is 5.32 Å². The molecule has 0 amide bonds. The van der Waals surface area contributed by atoms with Gasteiger partial charge in [-0.3, -0.25) is 4.90 Å². The van der Waals surface area contributed by atoms with Crippen LogP contribution in [-0.2, 0) is 4.74 Å². The van der Waals surface area contributed by atoms with Crippen LogP contribution in [0.2, 0.25) is 0 Å². The van der Waals surface area contributed by atoms with Crippen molar-refractivity contribution in [3.05, 3.63) is 0 Å². The molecule has 1 unspecified atom stereocenters. The number of nitrogens with zero attached hydrogens (tertiary/aromatic N) is 1. The fourth-order valence-electron chi connectivity index (χ4n) is 1.44. The van der Waals surface area contributed by atoms with Crippen LogP contribution in [0.4, 0.5) is 0 Å². The lowest BCUT2D eigenvalue weighted by Gasteiger charge is -2.38. The van der Waals surface area contributed by atoms with Crippen molar-refractivity contribution in [1.29, 1.82) is 0 Å². The minimum Gasteiger partial charge on any atom is -0.353 e. The number of piperazine rings is 1. The zero-order valence-electron chi connectivity index (χ0n) is 8.65. The molecule has 1 aliphatic heterocycles. The van der Waals surface area contributed by atoms with Gasteiger partial charge >= 0.3 is 0 Å². The summed E-state index contributed by atoms with van der Waals surface area (Å²) in [6, 6.07) is 0. The average Bonchev–Trinajstić information content (AvgIpc) is 2.06. The van der Waals surface area contributed by atoms with E-state index in [0.29, 0.717) is 6.61 Å². The molecule has 1 rings (SSSR count). The molecule has 0 saturated carbocycles. The van der Waals surface area contributed by atoms with E-state index in [1.807, 2.05) is 11.8 Å². The van der Waals surface area contributed by atoms with Gasteiger partial charge in [-0.25, -0.2) is 0 Å². The van der Waals surface area contributed by atoms with Crippen molar-refractivity contribution in [2.75, 3.05) is 32.8 Å². The van der Waals surface area contributed by atoms with Gasteiger partial charge in [-0.1, -0.05) is 0 Å². The molecular formula is C8H20Cl2N2O2. The highest BCUT2D eigenvalue weighted by molar-refractivity contribution is 5.85. The van der Waals surface area contributed by atoms with Crippen LogP contribution >= 0.6 is 24.8 Å². The van der Waals surface area contributed by atoms with Crippen LogP contribution in [0.15, 0.2) is 0 Å². The van der Waals surface area contributed by atoms with E-state index in [9.17, 15) is 5.11 Å². The fraction of sp³-hybridized carbons (Fsp3) is 1.00. The van der Waals surface area contributed by atoms with Crippen LogP contribution in [0, 0.1) is 0 Å². The van der Waals surface area contributed by atoms with Crippen LogP contribution in [-0.4, -0.2) is 48.7 Å². The van der Waals surface area contributed by atoms with Crippen molar-refractivity contribution in [1.82, 2.24) is 10.2 Å². The molecule has 1 atom stereocenters. The van der Waals surface area contributed by atoms with E-state index in [4.69, 9.17) is 4.74 Å². The van der Waals surface area contributed by atoms with Crippen molar-refractivity contribution >= 4 is 24.8 Å². The highest BCUT2D eigenvalue weighted by atomic mass is 35.5. The van der Waals surface area contributed by atoms with E-state index >= 15 is 0 Å². The molecule has 4 nitrogen and oxygen atoms in total. The zero-order chi connectivity index (χ0) is 9.03. The zero-order valence-corrected chi connectivity index (χ0v) is 10.3. The minimum atomic E-state index is -1.09. The summed E-state index contributed by atoms with van der Waals surface area (Å²) in [5.74, 6) is -1.09. The molecule has 0 aromatic heterocycles. The Balaban J connectivity index is 0. The molecule has 0 radical (unpaired) electrons. The maximum absolute atomic E-state index is 9.82. The molecule has 0 aromatic carbocycles. The SMILES string of the molecule is CCOC(C)(O)N1CCNCC1.Cl.Cl. The first-order valence-corrected chi connectivity index (χ1v) is 4.49. The van der Waals surface area contributed by atoms with E-state index in [1.165, 1.54) is 0 Å². The molecule has 88 valence electrons. The topological polar surface area (TPSA) is 44.7 Å². The number of aliphatic hydroxyl groups is 1. The van der Waals surface area contributed by atoms with Crippen molar-refractivity contribution in [2.24, 2.45) is 0 Å². The molecular weight excluding hydrogens is 227 g/mol. The molecule has 2 N–H and O–H groups in total. The Labute approximate surface area is 97.8 Å². The Morgan fingerprint density at radius 1 is 1.36 bits per heavy atom. The lowest BCUT2D eigenvalue weighted by atomic mass is 10.3. The predicted octanol–water partition coefficient (Wildman–Crippen LogP) is 0.438. The van der Waals surface area contributed by atoms with Crippen molar-refractivity contribution in [3.63, 3.8) is 0 Å². The maximum atomic E-state index is 9.82. The predicted molar refractivity (Wildman–Crippen MR) is 61.2 cm³/mol. The lowest BCUT2D eigenvalue weighted by molar-refractivity contribution is -0.280. The van der Waals surface area contributed by atoms with E-state index < -0.39 is 5.91 Å². The van der Waals surface area contributed by atoms with Crippen LogP contribution in [0.25, 0.3) is 0 Å². The second-order valence-corrected chi connectivity index (χ2v) is 3.10. The maximum Gasteiger partial charge on any atom is 0.224 e. The number of nitrogens with one attached hydrogen (secondary N) is 1. The van der Waals surface area contributed by atoms with E-state index in [1.54, 1.807) is 6.92 Å². The average molecular weight is 247 g/mol. The molecule has 1 aliphatic rings. The largest absolute Gasteiger partial charge is 0.353 e. The third kappa shape index (κ3) is 4.77. The molecule has 6 heteroatoms. The van der Waals surface area contributed by atoms with Crippen LogP contribution in [0.1, 0.15) is 13.8 Å². The molecule has 0 spiro atoms. The molecule has 1 heterocycles. The molecule has 0 bridgehead atoms. The number of halogens is 2. The Hall–Kier alpha value is 0.420. The second-order valence-electron chi connectivity index (χ2n) is 3.10. The number of hydrogen-bond acceptors (Lipinski definition) is 4. The normalized spacial score (nSPS) is 21.6. The number of ether oxygens (including phenoxy) is 1. The molecule has 1 saturated heterocycles. The monoisotopic (exact) mass is 246 g/mol. The quantitative estimate of drug-likeness (QED) is 0.710. The van der Waals surface area contributed by atoms with Crippen molar-refractivity contribution in [3.8, 4) is 0 Å². The summed E-state index contributed by atoms with van der Waals surface area (Å²) in [5.41, 5.74) is 0. The summed E-state index contributed by atoms with van der Waals surface area (Å²) in [6.45, 7) is 7.64. The van der Waals surface area contributed by atoms with Crippen LogP contribution in [0.3, 0.4) is 0 Å². The van der Waals surface area contributed by atoms with Gasteiger partial charge in [-0.05, 0) is 6.92 Å². The fourth-order valence-corrected chi connectivity index (χ4v) is 1.44. The highest BCUT2D eigenvalue weighted by Crippen LogP contribution is 2.13. The van der Waals surface area contributed by atoms with Gasteiger partial charge in [0.05, 0.1) is 0 Å². The van der Waals surface area contributed by atoms with Gasteiger partial charge in [-0.15, -0.1) is 24.8 Å². The third-order valence-electron chi connectivity index (χ3n) is 2.12. The molecule has 0 aromatic rings. The van der Waals surface area contributed by atoms with Gasteiger partial charge in [0, 0.05) is 39.7 Å². The standard InChI is InChI=1S/C8H18N2O2.2ClH/c1-3-12-8(2,11)10-6-4-9-5-7-10;;/h9,11H,3-7H2,1-2H3;2*1H. The van der Waals surface area contributed by atoms with E-state index in [2.05, 4.69) is 5.32 Å². The van der Waals surface area contributed by atoms with Gasteiger partial charge in [0.15, 0.2) is 0 Å². The smallest absolute Gasteiger partial charge is 0.224 e. The Kier molecular flexibility index (Phi) is 9.23. The minimum absolute atomic E-state index is 0. The summed E-state index contributed by atoms with van der Waals surface area (Å²) in [5, 5.41) is 13.0. The number of hydrogen-bond donors (Lipinski definition) is 2. The Bertz CT molecular complexity index is 141. The first kappa shape index (κ1) is 16.8. The number of rotatable bonds is 3. The van der Waals surface area contributed by atoms with Gasteiger partial charge in [0.2, 0.25) is 5.91 Å². The van der Waals surface area contributed by atoms with E-state index in [-0.39, 0.29) is 24.8 Å². The van der Waals surface area contributed by atoms with Crippen molar-refractivity contribution < 1.29 is 9.84 Å². The summed E-state index contributed by atoms with van der Waals surface area (Å²) >= 11 is 0. The van der Waals surface area contributed by atoms with Gasteiger partial charge in [0.25, 0.3) is 0 Å². The summed E-state index contributed by atoms with van der Waals surface area (Å²) in [6.07, 6.45) is 0. The van der Waals surface area contributed by atoms with Gasteiger partial charge < -0.3 is 15.2 Å². The van der Waals surface area contributed by atoms with Crippen LogP contribution in [0.5, 0.6) is 0 Å². The van der Waals surface area contributed by atoms with E-state index in [0.717, 1.165) is 26.2 Å². The highest BCUT2D eigenvalue weighted by Gasteiger charge is 2.30. The van der Waals surface area contributed by atoms with Gasteiger partial charge in [-0.2, -0.15) is 0 Å². The second kappa shape index (κ2) is 7.68. The Morgan fingerprint density at radius 3 is 2.29 bits per heavy atom. The van der Waals surface area contributed by atoms with Crippen molar-refractivity contribution in [2.45, 2.75) is 19.8 Å². The summed E-state index contributed by atoms with van der Waals surface area (Å²) < 4.78 is 5.22. The third-order valence-corrected chi connectivity index (χ3v) is 2.12. The Morgan fingerprint density at radius 2 is 1.86 bits per heavy atom. The summed E-state index contributed by atoms with van der Waals surface area (Å²) in [4.78, 5) is 1.94. The first-order valence-electron chi connectivity index (χ1n) is 4.49.